The second-order valence-electron chi connectivity index (χ2n) is 5.77. The van der Waals surface area contributed by atoms with Crippen molar-refractivity contribution < 1.29 is 18.3 Å². The standard InChI is InChI=1S/C17H20FN3O3/c1-12-16(24-11-20-12)9-19-17(22)21-8-2-3-14(21)10-23-15-6-4-13(18)5-7-15/h4-7,11,14H,2-3,8-10H2,1H3,(H,19,22)/t14-/m0/s1. The number of amides is 2. The highest BCUT2D eigenvalue weighted by Crippen LogP contribution is 2.20. The number of ether oxygens (including phenoxy) is 1. The largest absolute Gasteiger partial charge is 0.491 e. The lowest BCUT2D eigenvalue weighted by Crippen LogP contribution is -2.44. The molecule has 1 atom stereocenters. The second kappa shape index (κ2) is 7.33. The van der Waals surface area contributed by atoms with Crippen molar-refractivity contribution in [2.45, 2.75) is 32.4 Å². The molecular formula is C17H20FN3O3. The first-order valence-electron chi connectivity index (χ1n) is 7.95. The van der Waals surface area contributed by atoms with Gasteiger partial charge in [-0.1, -0.05) is 0 Å². The first-order chi connectivity index (χ1) is 11.6. The predicted octanol–water partition coefficient (Wildman–Crippen LogP) is 2.88. The molecule has 24 heavy (non-hydrogen) atoms. The highest BCUT2D eigenvalue weighted by Gasteiger charge is 2.29. The molecule has 7 heteroatoms. The van der Waals surface area contributed by atoms with Crippen LogP contribution in [0.1, 0.15) is 24.3 Å². The van der Waals surface area contributed by atoms with Crippen LogP contribution in [-0.2, 0) is 6.54 Å². The van der Waals surface area contributed by atoms with Gasteiger partial charge < -0.3 is 19.4 Å². The third-order valence-corrected chi connectivity index (χ3v) is 4.14. The van der Waals surface area contributed by atoms with E-state index in [0.29, 0.717) is 31.2 Å². The number of oxazole rings is 1. The van der Waals surface area contributed by atoms with Crippen LogP contribution in [-0.4, -0.2) is 35.1 Å². The zero-order valence-corrected chi connectivity index (χ0v) is 13.5. The summed E-state index contributed by atoms with van der Waals surface area (Å²) in [6.07, 6.45) is 3.19. The topological polar surface area (TPSA) is 67.6 Å². The molecule has 2 aromatic rings. The average Bonchev–Trinajstić information content (AvgIpc) is 3.21. The quantitative estimate of drug-likeness (QED) is 0.913. The van der Waals surface area contributed by atoms with E-state index < -0.39 is 0 Å². The summed E-state index contributed by atoms with van der Waals surface area (Å²) in [6.45, 7) is 3.23. The number of nitrogens with one attached hydrogen (secondary N) is 1. The van der Waals surface area contributed by atoms with Crippen LogP contribution in [0.5, 0.6) is 5.75 Å². The van der Waals surface area contributed by atoms with Crippen molar-refractivity contribution in [2.24, 2.45) is 0 Å². The van der Waals surface area contributed by atoms with Crippen molar-refractivity contribution >= 4 is 6.03 Å². The monoisotopic (exact) mass is 333 g/mol. The smallest absolute Gasteiger partial charge is 0.318 e. The molecule has 1 N–H and O–H groups in total. The number of likely N-dealkylation sites (tertiary alicyclic amines) is 1. The maximum atomic E-state index is 12.9. The third kappa shape index (κ3) is 3.84. The number of aryl methyl sites for hydroxylation is 1. The van der Waals surface area contributed by atoms with Gasteiger partial charge in [0.1, 0.15) is 23.9 Å². The van der Waals surface area contributed by atoms with Crippen molar-refractivity contribution in [3.63, 3.8) is 0 Å². The van der Waals surface area contributed by atoms with E-state index in [1.807, 2.05) is 6.92 Å². The molecule has 1 aliphatic heterocycles. The van der Waals surface area contributed by atoms with Crippen LogP contribution in [0.2, 0.25) is 0 Å². The first kappa shape index (κ1) is 16.3. The van der Waals surface area contributed by atoms with Crippen LogP contribution in [0.3, 0.4) is 0 Å². The first-order valence-corrected chi connectivity index (χ1v) is 7.95. The SMILES string of the molecule is Cc1ncoc1CNC(=O)N1CCC[C@H]1COc1ccc(F)cc1. The Balaban J connectivity index is 1.51. The molecule has 0 radical (unpaired) electrons. The van der Waals surface area contributed by atoms with Gasteiger partial charge in [0.15, 0.2) is 6.39 Å². The molecule has 0 unspecified atom stereocenters. The van der Waals surface area contributed by atoms with E-state index in [-0.39, 0.29) is 17.9 Å². The molecular weight excluding hydrogens is 313 g/mol. The minimum absolute atomic E-state index is 0.00544. The Bertz CT molecular complexity index is 687. The fourth-order valence-electron chi connectivity index (χ4n) is 2.75. The van der Waals surface area contributed by atoms with E-state index in [0.717, 1.165) is 18.5 Å². The fraction of sp³-hybridized carbons (Fsp3) is 0.412. The molecule has 1 aromatic carbocycles. The number of halogens is 1. The molecule has 2 heterocycles. The Hall–Kier alpha value is -2.57. The Labute approximate surface area is 139 Å². The van der Waals surface area contributed by atoms with Crippen molar-refractivity contribution in [1.82, 2.24) is 15.2 Å². The summed E-state index contributed by atoms with van der Waals surface area (Å²) in [6, 6.07) is 5.74. The van der Waals surface area contributed by atoms with Gasteiger partial charge in [0.05, 0.1) is 18.3 Å². The summed E-state index contributed by atoms with van der Waals surface area (Å²) in [5.41, 5.74) is 0.771. The summed E-state index contributed by atoms with van der Waals surface area (Å²) in [7, 11) is 0. The van der Waals surface area contributed by atoms with E-state index in [4.69, 9.17) is 9.15 Å². The Morgan fingerprint density at radius 2 is 2.25 bits per heavy atom. The van der Waals surface area contributed by atoms with Crippen LogP contribution in [0.25, 0.3) is 0 Å². The highest BCUT2D eigenvalue weighted by molar-refractivity contribution is 5.74. The Morgan fingerprint density at radius 1 is 1.46 bits per heavy atom. The number of nitrogens with zero attached hydrogens (tertiary/aromatic N) is 2. The van der Waals surface area contributed by atoms with Crippen molar-refractivity contribution in [2.75, 3.05) is 13.2 Å². The highest BCUT2D eigenvalue weighted by atomic mass is 19.1. The number of carbonyl (C=O) groups is 1. The van der Waals surface area contributed by atoms with Crippen LogP contribution in [0.15, 0.2) is 35.1 Å². The maximum absolute atomic E-state index is 12.9. The number of benzene rings is 1. The lowest BCUT2D eigenvalue weighted by atomic mass is 10.2. The molecule has 0 bridgehead atoms. The molecule has 128 valence electrons. The normalized spacial score (nSPS) is 17.1. The summed E-state index contributed by atoms with van der Waals surface area (Å²) in [5.74, 6) is 0.953. The minimum Gasteiger partial charge on any atom is -0.491 e. The number of rotatable bonds is 5. The van der Waals surface area contributed by atoms with Gasteiger partial charge in [-0.3, -0.25) is 0 Å². The summed E-state index contributed by atoms with van der Waals surface area (Å²) in [4.78, 5) is 18.1. The molecule has 1 aliphatic rings. The van der Waals surface area contributed by atoms with Crippen molar-refractivity contribution in [3.05, 3.63) is 47.9 Å². The average molecular weight is 333 g/mol. The molecule has 1 fully saturated rings. The lowest BCUT2D eigenvalue weighted by Gasteiger charge is -2.25. The molecule has 2 amide bonds. The molecule has 6 nitrogen and oxygen atoms in total. The van der Waals surface area contributed by atoms with Gasteiger partial charge in [-0.15, -0.1) is 0 Å². The Kier molecular flexibility index (Phi) is 4.98. The predicted molar refractivity (Wildman–Crippen MR) is 85.1 cm³/mol. The van der Waals surface area contributed by atoms with Crippen molar-refractivity contribution in [3.8, 4) is 5.75 Å². The number of hydrogen-bond donors (Lipinski definition) is 1. The van der Waals surface area contributed by atoms with Gasteiger partial charge in [0, 0.05) is 6.54 Å². The van der Waals surface area contributed by atoms with Crippen molar-refractivity contribution in [1.29, 1.82) is 0 Å². The third-order valence-electron chi connectivity index (χ3n) is 4.14. The van der Waals surface area contributed by atoms with Gasteiger partial charge in [-0.05, 0) is 44.0 Å². The van der Waals surface area contributed by atoms with Gasteiger partial charge >= 0.3 is 6.03 Å². The number of aromatic nitrogens is 1. The maximum Gasteiger partial charge on any atom is 0.318 e. The van der Waals surface area contributed by atoms with Gasteiger partial charge in [-0.25, -0.2) is 14.2 Å². The summed E-state index contributed by atoms with van der Waals surface area (Å²) < 4.78 is 23.8. The van der Waals surface area contributed by atoms with Gasteiger partial charge in [0.2, 0.25) is 0 Å². The van der Waals surface area contributed by atoms with E-state index in [9.17, 15) is 9.18 Å². The lowest BCUT2D eigenvalue weighted by molar-refractivity contribution is 0.164. The van der Waals surface area contributed by atoms with Gasteiger partial charge in [-0.2, -0.15) is 0 Å². The number of carbonyl (C=O) groups excluding carboxylic acids is 1. The molecule has 1 aromatic heterocycles. The van der Waals surface area contributed by atoms with Crippen LogP contribution >= 0.6 is 0 Å². The minimum atomic E-state index is -0.299. The number of urea groups is 1. The van der Waals surface area contributed by atoms with E-state index >= 15 is 0 Å². The Morgan fingerprint density at radius 3 is 2.96 bits per heavy atom. The molecule has 0 saturated carbocycles. The van der Waals surface area contributed by atoms with E-state index in [1.165, 1.54) is 18.5 Å². The summed E-state index contributed by atoms with van der Waals surface area (Å²) in [5, 5.41) is 2.85. The zero-order chi connectivity index (χ0) is 16.9. The number of hydrogen-bond acceptors (Lipinski definition) is 4. The molecule has 0 spiro atoms. The van der Waals surface area contributed by atoms with Crippen LogP contribution in [0.4, 0.5) is 9.18 Å². The molecule has 0 aliphatic carbocycles. The zero-order valence-electron chi connectivity index (χ0n) is 13.5. The fourth-order valence-corrected chi connectivity index (χ4v) is 2.75. The summed E-state index contributed by atoms with van der Waals surface area (Å²) >= 11 is 0. The second-order valence-corrected chi connectivity index (χ2v) is 5.77. The molecule has 3 rings (SSSR count). The van der Waals surface area contributed by atoms with E-state index in [1.54, 1.807) is 17.0 Å². The van der Waals surface area contributed by atoms with Crippen LogP contribution < -0.4 is 10.1 Å². The molecule has 1 saturated heterocycles. The van der Waals surface area contributed by atoms with Crippen LogP contribution in [0, 0.1) is 12.7 Å². The van der Waals surface area contributed by atoms with Gasteiger partial charge in [0.25, 0.3) is 0 Å². The van der Waals surface area contributed by atoms with E-state index in [2.05, 4.69) is 10.3 Å².